The number of rotatable bonds is 3. The second kappa shape index (κ2) is 7.48. The van der Waals surface area contributed by atoms with Crippen LogP contribution < -0.4 is 19.2 Å². The first-order chi connectivity index (χ1) is 13.0. The van der Waals surface area contributed by atoms with Gasteiger partial charge in [0.2, 0.25) is 6.42 Å². The molecule has 0 aromatic heterocycles. The highest BCUT2D eigenvalue weighted by atomic mass is 79.9. The maximum absolute atomic E-state index is 6.49. The van der Waals surface area contributed by atoms with E-state index in [0.717, 1.165) is 32.5 Å². The third kappa shape index (κ3) is 3.62. The Labute approximate surface area is 177 Å². The summed E-state index contributed by atoms with van der Waals surface area (Å²) < 4.78 is 15.0. The van der Waals surface area contributed by atoms with Gasteiger partial charge in [0.25, 0.3) is 0 Å². The first kappa shape index (κ1) is 18.8. The molecule has 3 aromatic rings. The number of anilines is 1. The molecule has 0 spiro atoms. The molecule has 7 heteroatoms. The van der Waals surface area contributed by atoms with Gasteiger partial charge in [-0.25, -0.2) is 0 Å². The molecule has 0 aliphatic carbocycles. The molecular formula is C20H16BrClNO2PS. The first-order valence-corrected chi connectivity index (χ1v) is 12.1. The van der Waals surface area contributed by atoms with E-state index in [4.69, 9.17) is 32.7 Å². The zero-order valence-corrected chi connectivity index (χ0v) is 18.5. The molecule has 0 fully saturated rings. The van der Waals surface area contributed by atoms with Crippen molar-refractivity contribution in [1.29, 1.82) is 0 Å². The fraction of sp³-hybridized carbons (Fsp3) is 0.100. The number of ether oxygens (including phenoxy) is 1. The highest BCUT2D eigenvalue weighted by Gasteiger charge is 2.36. The summed E-state index contributed by atoms with van der Waals surface area (Å²) in [6, 6.07) is 21.6. The summed E-state index contributed by atoms with van der Waals surface area (Å²) in [5, 5.41) is 1.67. The highest BCUT2D eigenvalue weighted by Crippen LogP contribution is 2.57. The zero-order chi connectivity index (χ0) is 19.0. The van der Waals surface area contributed by atoms with Gasteiger partial charge in [0, 0.05) is 26.1 Å². The molecule has 1 aliphatic rings. The van der Waals surface area contributed by atoms with E-state index in [0.29, 0.717) is 11.6 Å². The second-order valence-electron chi connectivity index (χ2n) is 6.10. The van der Waals surface area contributed by atoms with E-state index in [1.807, 2.05) is 60.7 Å². The average Bonchev–Trinajstić information content (AvgIpc) is 2.68. The lowest BCUT2D eigenvalue weighted by Crippen LogP contribution is -2.32. The molecule has 0 saturated heterocycles. The standard InChI is InChI=1S/C20H16BrClNO2PS/c1-24-18-7-9-19(10-8-18)26(27)23(17-5-3-16(22)4-6-17)13-14-12-15(21)2-11-20(14)25-26/h2-12H,13H2,1H3/t26-/m1/s1. The number of methoxy groups -OCH3 is 1. The van der Waals surface area contributed by atoms with Crippen LogP contribution >= 0.6 is 33.9 Å². The van der Waals surface area contributed by atoms with Crippen LogP contribution in [0.1, 0.15) is 5.56 Å². The summed E-state index contributed by atoms with van der Waals surface area (Å²) in [6.07, 6.45) is -2.54. The molecule has 4 rings (SSSR count). The van der Waals surface area contributed by atoms with E-state index in [9.17, 15) is 0 Å². The van der Waals surface area contributed by atoms with Gasteiger partial charge in [-0.05, 0) is 78.5 Å². The molecule has 0 bridgehead atoms. The molecule has 0 saturated carbocycles. The van der Waals surface area contributed by atoms with Crippen LogP contribution in [0.15, 0.2) is 71.2 Å². The summed E-state index contributed by atoms with van der Waals surface area (Å²) >= 11 is 15.8. The van der Waals surface area contributed by atoms with Crippen LogP contribution in [-0.4, -0.2) is 7.11 Å². The number of hydrogen-bond acceptors (Lipinski definition) is 3. The van der Waals surface area contributed by atoms with Crippen molar-refractivity contribution in [3.8, 4) is 11.5 Å². The van der Waals surface area contributed by atoms with Crippen LogP contribution in [0.3, 0.4) is 0 Å². The normalized spacial score (nSPS) is 18.6. The third-order valence-corrected chi connectivity index (χ3v) is 9.00. The topological polar surface area (TPSA) is 21.7 Å². The van der Waals surface area contributed by atoms with E-state index in [1.54, 1.807) is 7.11 Å². The highest BCUT2D eigenvalue weighted by molar-refractivity contribution is 9.10. The summed E-state index contributed by atoms with van der Waals surface area (Å²) in [5.74, 6) is 1.63. The number of halogens is 2. The van der Waals surface area contributed by atoms with Crippen molar-refractivity contribution in [2.24, 2.45) is 0 Å². The molecule has 138 valence electrons. The minimum atomic E-state index is -2.54. The van der Waals surface area contributed by atoms with Gasteiger partial charge in [-0.1, -0.05) is 27.5 Å². The predicted octanol–water partition coefficient (Wildman–Crippen LogP) is 6.15. The Morgan fingerprint density at radius 2 is 1.78 bits per heavy atom. The molecule has 27 heavy (non-hydrogen) atoms. The van der Waals surface area contributed by atoms with Gasteiger partial charge in [-0.3, -0.25) is 0 Å². The van der Waals surface area contributed by atoms with Crippen molar-refractivity contribution in [1.82, 2.24) is 0 Å². The number of fused-ring (bicyclic) bond motifs is 1. The maximum Gasteiger partial charge on any atom is 0.234 e. The summed E-state index contributed by atoms with van der Waals surface area (Å²) in [4.78, 5) is 0. The molecule has 1 atom stereocenters. The van der Waals surface area contributed by atoms with Gasteiger partial charge in [0.05, 0.1) is 13.7 Å². The number of benzene rings is 3. The van der Waals surface area contributed by atoms with Crippen LogP contribution in [0, 0.1) is 0 Å². The van der Waals surface area contributed by atoms with Gasteiger partial charge < -0.3 is 13.9 Å². The summed E-state index contributed by atoms with van der Waals surface area (Å²) in [7, 11) is 1.65. The van der Waals surface area contributed by atoms with Crippen molar-refractivity contribution < 1.29 is 9.26 Å². The molecule has 0 radical (unpaired) electrons. The molecule has 3 nitrogen and oxygen atoms in total. The van der Waals surface area contributed by atoms with Gasteiger partial charge in [-0.15, -0.1) is 0 Å². The molecule has 3 aromatic carbocycles. The zero-order valence-electron chi connectivity index (χ0n) is 14.4. The Morgan fingerprint density at radius 1 is 1.07 bits per heavy atom. The largest absolute Gasteiger partial charge is 0.497 e. The monoisotopic (exact) mass is 479 g/mol. The molecule has 1 heterocycles. The predicted molar refractivity (Wildman–Crippen MR) is 119 cm³/mol. The van der Waals surface area contributed by atoms with E-state index in [1.165, 1.54) is 0 Å². The van der Waals surface area contributed by atoms with Gasteiger partial charge in [0.15, 0.2) is 0 Å². The minimum Gasteiger partial charge on any atom is -0.497 e. The van der Waals surface area contributed by atoms with Crippen LogP contribution in [0.5, 0.6) is 11.5 Å². The Hall–Kier alpha value is -1.52. The van der Waals surface area contributed by atoms with Crippen molar-refractivity contribution in [3.05, 3.63) is 81.8 Å². The SMILES string of the molecule is COc1ccc([P@]2(=S)Oc3ccc(Br)cc3CN2c2ccc(Cl)cc2)cc1. The lowest BCUT2D eigenvalue weighted by atomic mass is 10.2. The molecule has 0 N–H and O–H groups in total. The van der Waals surface area contributed by atoms with E-state index in [-0.39, 0.29) is 0 Å². The summed E-state index contributed by atoms with van der Waals surface area (Å²) in [5.41, 5.74) is 2.08. The van der Waals surface area contributed by atoms with Crippen molar-refractivity contribution in [2.75, 3.05) is 11.8 Å². The van der Waals surface area contributed by atoms with Crippen molar-refractivity contribution in [3.63, 3.8) is 0 Å². The van der Waals surface area contributed by atoms with Crippen LogP contribution in [0.4, 0.5) is 5.69 Å². The summed E-state index contributed by atoms with van der Waals surface area (Å²) in [6.45, 7) is 0.666. The number of hydrogen-bond donors (Lipinski definition) is 0. The molecule has 0 amide bonds. The second-order valence-corrected chi connectivity index (χ2v) is 11.2. The van der Waals surface area contributed by atoms with Crippen LogP contribution in [0.2, 0.25) is 5.02 Å². The smallest absolute Gasteiger partial charge is 0.234 e. The third-order valence-electron chi connectivity index (χ3n) is 4.41. The van der Waals surface area contributed by atoms with Gasteiger partial charge in [0.1, 0.15) is 11.5 Å². The van der Waals surface area contributed by atoms with Gasteiger partial charge >= 0.3 is 0 Å². The lowest BCUT2D eigenvalue weighted by Gasteiger charge is -2.41. The quantitative estimate of drug-likeness (QED) is 0.419. The van der Waals surface area contributed by atoms with Crippen LogP contribution in [0.25, 0.3) is 0 Å². The average molecular weight is 481 g/mol. The van der Waals surface area contributed by atoms with Crippen LogP contribution in [-0.2, 0) is 18.4 Å². The fourth-order valence-corrected chi connectivity index (χ4v) is 6.84. The Morgan fingerprint density at radius 3 is 2.44 bits per heavy atom. The lowest BCUT2D eigenvalue weighted by molar-refractivity contribution is 0.415. The van der Waals surface area contributed by atoms with Gasteiger partial charge in [-0.2, -0.15) is 0 Å². The fourth-order valence-electron chi connectivity index (χ4n) is 3.02. The molecule has 1 aliphatic heterocycles. The minimum absolute atomic E-state index is 0.666. The molecular weight excluding hydrogens is 465 g/mol. The van der Waals surface area contributed by atoms with Crippen molar-refractivity contribution in [2.45, 2.75) is 6.54 Å². The van der Waals surface area contributed by atoms with E-state index >= 15 is 0 Å². The Kier molecular flexibility index (Phi) is 5.21. The Balaban J connectivity index is 1.85. The van der Waals surface area contributed by atoms with E-state index < -0.39 is 6.42 Å². The van der Waals surface area contributed by atoms with Crippen molar-refractivity contribution >= 4 is 56.7 Å². The Bertz CT molecular complexity index is 1030. The molecule has 0 unspecified atom stereocenters. The van der Waals surface area contributed by atoms with E-state index in [2.05, 4.69) is 26.7 Å². The first-order valence-electron chi connectivity index (χ1n) is 8.26. The maximum atomic E-state index is 6.49. The number of nitrogens with zero attached hydrogens (tertiary/aromatic N) is 1.